The van der Waals surface area contributed by atoms with E-state index in [-0.39, 0.29) is 5.91 Å². The van der Waals surface area contributed by atoms with Crippen LogP contribution < -0.4 is 5.32 Å². The molecule has 0 aliphatic carbocycles. The third-order valence-corrected chi connectivity index (χ3v) is 1.95. The van der Waals surface area contributed by atoms with Gasteiger partial charge in [0.15, 0.2) is 0 Å². The Hall–Kier alpha value is -1.13. The molecule has 0 radical (unpaired) electrons. The van der Waals surface area contributed by atoms with Crippen LogP contribution >= 0.6 is 11.6 Å². The van der Waals surface area contributed by atoms with Gasteiger partial charge >= 0.3 is 0 Å². The Morgan fingerprint density at radius 2 is 2.40 bits per heavy atom. The molecule has 15 heavy (non-hydrogen) atoms. The average molecular weight is 229 g/mol. The Bertz CT molecular complexity index is 314. The topological polar surface area (TPSA) is 51.2 Å². The van der Waals surface area contributed by atoms with Crippen LogP contribution in [0.15, 0.2) is 18.3 Å². The molecule has 0 saturated carbocycles. The van der Waals surface area contributed by atoms with Crippen molar-refractivity contribution in [3.05, 3.63) is 29.0 Å². The minimum Gasteiger partial charge on any atom is -0.380 e. The maximum atomic E-state index is 11.5. The summed E-state index contributed by atoms with van der Waals surface area (Å²) < 4.78 is 5.09. The van der Waals surface area contributed by atoms with Crippen LogP contribution in [0, 0.1) is 0 Å². The SMILES string of the molecule is CCOCCNC(=O)c1ccc(Cl)nc1. The first-order valence-electron chi connectivity index (χ1n) is 4.71. The molecule has 4 nitrogen and oxygen atoms in total. The van der Waals surface area contributed by atoms with E-state index in [4.69, 9.17) is 16.3 Å². The second kappa shape index (κ2) is 6.37. The van der Waals surface area contributed by atoms with Crippen molar-refractivity contribution in [3.8, 4) is 0 Å². The molecular weight excluding hydrogens is 216 g/mol. The minimum absolute atomic E-state index is 0.168. The molecule has 0 aliphatic rings. The van der Waals surface area contributed by atoms with Crippen LogP contribution in [0.3, 0.4) is 0 Å². The summed E-state index contributed by atoms with van der Waals surface area (Å²) in [5.41, 5.74) is 0.496. The van der Waals surface area contributed by atoms with E-state index in [2.05, 4.69) is 10.3 Å². The molecule has 0 fully saturated rings. The zero-order valence-electron chi connectivity index (χ0n) is 8.50. The summed E-state index contributed by atoms with van der Waals surface area (Å²) in [7, 11) is 0. The van der Waals surface area contributed by atoms with Crippen LogP contribution in [0.5, 0.6) is 0 Å². The van der Waals surface area contributed by atoms with Gasteiger partial charge in [0.25, 0.3) is 5.91 Å². The van der Waals surface area contributed by atoms with Crippen LogP contribution in [0.4, 0.5) is 0 Å². The van der Waals surface area contributed by atoms with E-state index >= 15 is 0 Å². The molecule has 1 N–H and O–H groups in total. The predicted molar refractivity (Wildman–Crippen MR) is 58.1 cm³/mol. The summed E-state index contributed by atoms with van der Waals surface area (Å²) in [6.07, 6.45) is 1.44. The van der Waals surface area contributed by atoms with E-state index < -0.39 is 0 Å². The number of hydrogen-bond donors (Lipinski definition) is 1. The maximum absolute atomic E-state index is 11.5. The molecule has 0 aromatic carbocycles. The van der Waals surface area contributed by atoms with Crippen molar-refractivity contribution in [2.75, 3.05) is 19.8 Å². The quantitative estimate of drug-likeness (QED) is 0.614. The molecule has 0 aliphatic heterocycles. The average Bonchev–Trinajstić information content (AvgIpc) is 2.25. The molecule has 1 amide bonds. The third-order valence-electron chi connectivity index (χ3n) is 1.73. The fraction of sp³-hybridized carbons (Fsp3) is 0.400. The van der Waals surface area contributed by atoms with Crippen molar-refractivity contribution in [1.29, 1.82) is 0 Å². The van der Waals surface area contributed by atoms with Crippen molar-refractivity contribution in [3.63, 3.8) is 0 Å². The summed E-state index contributed by atoms with van der Waals surface area (Å²) in [5.74, 6) is -0.168. The number of nitrogens with zero attached hydrogens (tertiary/aromatic N) is 1. The van der Waals surface area contributed by atoms with Crippen molar-refractivity contribution >= 4 is 17.5 Å². The summed E-state index contributed by atoms with van der Waals surface area (Å²) in [6, 6.07) is 3.21. The Kier molecular flexibility index (Phi) is 5.07. The standard InChI is InChI=1S/C10H13ClN2O2/c1-2-15-6-5-12-10(14)8-3-4-9(11)13-7-8/h3-4,7H,2,5-6H2,1H3,(H,12,14). The molecule has 82 valence electrons. The van der Waals surface area contributed by atoms with E-state index in [1.165, 1.54) is 6.20 Å². The summed E-state index contributed by atoms with van der Waals surface area (Å²) >= 11 is 5.60. The fourth-order valence-electron chi connectivity index (χ4n) is 0.993. The van der Waals surface area contributed by atoms with Crippen LogP contribution in [0.2, 0.25) is 5.15 Å². The Morgan fingerprint density at radius 3 is 3.00 bits per heavy atom. The highest BCUT2D eigenvalue weighted by Crippen LogP contribution is 2.04. The number of nitrogens with one attached hydrogen (secondary N) is 1. The van der Waals surface area contributed by atoms with Crippen molar-refractivity contribution in [2.24, 2.45) is 0 Å². The van der Waals surface area contributed by atoms with E-state index in [0.717, 1.165) is 0 Å². The number of rotatable bonds is 5. The van der Waals surface area contributed by atoms with Crippen molar-refractivity contribution < 1.29 is 9.53 Å². The van der Waals surface area contributed by atoms with Gasteiger partial charge in [-0.1, -0.05) is 11.6 Å². The number of halogens is 1. The van der Waals surface area contributed by atoms with E-state index in [1.54, 1.807) is 12.1 Å². The van der Waals surface area contributed by atoms with Crippen LogP contribution in [0.25, 0.3) is 0 Å². The lowest BCUT2D eigenvalue weighted by Gasteiger charge is -2.04. The Morgan fingerprint density at radius 1 is 1.60 bits per heavy atom. The van der Waals surface area contributed by atoms with Crippen LogP contribution in [0.1, 0.15) is 17.3 Å². The molecule has 0 bridgehead atoms. The normalized spacial score (nSPS) is 10.0. The molecular formula is C10H13ClN2O2. The highest BCUT2D eigenvalue weighted by Gasteiger charge is 2.04. The van der Waals surface area contributed by atoms with Gasteiger partial charge in [0.1, 0.15) is 5.15 Å². The molecule has 0 saturated heterocycles. The number of ether oxygens (including phenoxy) is 1. The summed E-state index contributed by atoms with van der Waals surface area (Å²) in [5, 5.41) is 3.08. The molecule has 1 aromatic heterocycles. The third kappa shape index (κ3) is 4.27. The van der Waals surface area contributed by atoms with Gasteiger partial charge in [0, 0.05) is 19.3 Å². The molecule has 1 rings (SSSR count). The first-order valence-corrected chi connectivity index (χ1v) is 5.09. The van der Waals surface area contributed by atoms with Gasteiger partial charge in [0.2, 0.25) is 0 Å². The molecule has 0 atom stereocenters. The van der Waals surface area contributed by atoms with Gasteiger partial charge in [-0.2, -0.15) is 0 Å². The molecule has 0 spiro atoms. The molecule has 1 heterocycles. The van der Waals surface area contributed by atoms with E-state index in [1.807, 2.05) is 6.92 Å². The van der Waals surface area contributed by atoms with Gasteiger partial charge in [-0.15, -0.1) is 0 Å². The highest BCUT2D eigenvalue weighted by atomic mass is 35.5. The lowest BCUT2D eigenvalue weighted by atomic mass is 10.3. The van der Waals surface area contributed by atoms with E-state index in [9.17, 15) is 4.79 Å². The lowest BCUT2D eigenvalue weighted by Crippen LogP contribution is -2.27. The van der Waals surface area contributed by atoms with Crippen molar-refractivity contribution in [2.45, 2.75) is 6.92 Å². The van der Waals surface area contributed by atoms with Crippen LogP contribution in [-0.4, -0.2) is 30.6 Å². The molecule has 1 aromatic rings. The predicted octanol–water partition coefficient (Wildman–Crippen LogP) is 1.50. The minimum atomic E-state index is -0.168. The van der Waals surface area contributed by atoms with Gasteiger partial charge < -0.3 is 10.1 Å². The van der Waals surface area contributed by atoms with Crippen LogP contribution in [-0.2, 0) is 4.74 Å². The number of aromatic nitrogens is 1. The maximum Gasteiger partial charge on any atom is 0.252 e. The number of carbonyl (C=O) groups is 1. The largest absolute Gasteiger partial charge is 0.380 e. The van der Waals surface area contributed by atoms with Crippen molar-refractivity contribution in [1.82, 2.24) is 10.3 Å². The van der Waals surface area contributed by atoms with Gasteiger partial charge in [-0.25, -0.2) is 4.98 Å². The zero-order chi connectivity index (χ0) is 11.1. The van der Waals surface area contributed by atoms with Gasteiger partial charge in [-0.3, -0.25) is 4.79 Å². The van der Waals surface area contributed by atoms with Gasteiger partial charge in [-0.05, 0) is 19.1 Å². The Balaban J connectivity index is 2.37. The van der Waals surface area contributed by atoms with E-state index in [0.29, 0.717) is 30.5 Å². The second-order valence-electron chi connectivity index (χ2n) is 2.82. The first-order chi connectivity index (χ1) is 7.24. The number of amides is 1. The highest BCUT2D eigenvalue weighted by molar-refractivity contribution is 6.29. The zero-order valence-corrected chi connectivity index (χ0v) is 9.25. The summed E-state index contributed by atoms with van der Waals surface area (Å²) in [6.45, 7) is 3.57. The molecule has 0 unspecified atom stereocenters. The summed E-state index contributed by atoms with van der Waals surface area (Å²) in [4.78, 5) is 15.3. The second-order valence-corrected chi connectivity index (χ2v) is 3.21. The number of hydrogen-bond acceptors (Lipinski definition) is 3. The number of carbonyl (C=O) groups excluding carboxylic acids is 1. The Labute approximate surface area is 93.6 Å². The lowest BCUT2D eigenvalue weighted by molar-refractivity contribution is 0.0922. The molecule has 5 heteroatoms. The first kappa shape index (κ1) is 11.9. The van der Waals surface area contributed by atoms with Gasteiger partial charge in [0.05, 0.1) is 12.2 Å². The number of pyridine rings is 1. The smallest absolute Gasteiger partial charge is 0.252 e. The fourth-order valence-corrected chi connectivity index (χ4v) is 1.11. The monoisotopic (exact) mass is 228 g/mol.